The summed E-state index contributed by atoms with van der Waals surface area (Å²) in [4.78, 5) is 27.8. The molecule has 8 heteroatoms. The molecule has 0 spiro atoms. The molecular weight excluding hydrogens is 310 g/mol. The van der Waals surface area contributed by atoms with Gasteiger partial charge in [-0.3, -0.25) is 4.79 Å². The van der Waals surface area contributed by atoms with Crippen LogP contribution in [0.4, 0.5) is 5.13 Å². The molecule has 0 aliphatic carbocycles. The van der Waals surface area contributed by atoms with Crippen LogP contribution in [0.1, 0.15) is 26.0 Å². The number of amides is 1. The summed E-state index contributed by atoms with van der Waals surface area (Å²) >= 11 is 2.72. The molecule has 1 aromatic rings. The highest BCUT2D eigenvalue weighted by Crippen LogP contribution is 2.30. The summed E-state index contributed by atoms with van der Waals surface area (Å²) in [7, 11) is 1.32. The maximum absolute atomic E-state index is 12.0. The van der Waals surface area contributed by atoms with Gasteiger partial charge in [-0.15, -0.1) is 11.8 Å². The fourth-order valence-corrected chi connectivity index (χ4v) is 3.51. The Kier molecular flexibility index (Phi) is 6.97. The molecule has 6 nitrogen and oxygen atoms in total. The molecule has 2 unspecified atom stereocenters. The lowest BCUT2D eigenvalue weighted by atomic mass is 9.99. The first-order valence-corrected chi connectivity index (χ1v) is 8.42. The Labute approximate surface area is 132 Å². The van der Waals surface area contributed by atoms with E-state index in [0.29, 0.717) is 5.13 Å². The first-order valence-electron chi connectivity index (χ1n) is 6.61. The van der Waals surface area contributed by atoms with E-state index in [1.54, 1.807) is 0 Å². The highest BCUT2D eigenvalue weighted by molar-refractivity contribution is 8.01. The second-order valence-electron chi connectivity index (χ2n) is 4.67. The van der Waals surface area contributed by atoms with Crippen LogP contribution >= 0.6 is 23.1 Å². The summed E-state index contributed by atoms with van der Waals surface area (Å²) in [6.45, 7) is 5.72. The van der Waals surface area contributed by atoms with Crippen molar-refractivity contribution in [3.05, 3.63) is 5.69 Å². The van der Waals surface area contributed by atoms with Crippen molar-refractivity contribution in [1.82, 2.24) is 10.3 Å². The van der Waals surface area contributed by atoms with E-state index in [4.69, 9.17) is 10.5 Å². The van der Waals surface area contributed by atoms with Gasteiger partial charge in [0.25, 0.3) is 0 Å². The van der Waals surface area contributed by atoms with E-state index in [1.165, 1.54) is 30.2 Å². The fraction of sp³-hybridized carbons (Fsp3) is 0.615. The summed E-state index contributed by atoms with van der Waals surface area (Å²) in [5, 5.41) is 3.22. The number of anilines is 1. The summed E-state index contributed by atoms with van der Waals surface area (Å²) < 4.78 is 5.65. The number of methoxy groups -OCH3 is 1. The number of hydrogen-bond donors (Lipinski definition) is 2. The van der Waals surface area contributed by atoms with Crippen molar-refractivity contribution in [2.45, 2.75) is 37.4 Å². The number of thiazole rings is 1. The predicted molar refractivity (Wildman–Crippen MR) is 85.4 cm³/mol. The highest BCUT2D eigenvalue weighted by atomic mass is 32.2. The summed E-state index contributed by atoms with van der Waals surface area (Å²) in [6.07, 6.45) is 0.775. The van der Waals surface area contributed by atoms with Gasteiger partial charge < -0.3 is 15.8 Å². The molecule has 1 heterocycles. The van der Waals surface area contributed by atoms with Gasteiger partial charge in [0.05, 0.1) is 22.8 Å². The minimum absolute atomic E-state index is 0.0205. The Hall–Kier alpha value is -1.28. The van der Waals surface area contributed by atoms with Gasteiger partial charge in [0.1, 0.15) is 6.04 Å². The lowest BCUT2D eigenvalue weighted by Gasteiger charge is -2.21. The molecule has 2 atom stereocenters. The summed E-state index contributed by atoms with van der Waals surface area (Å²) in [5.41, 5.74) is 6.44. The highest BCUT2D eigenvalue weighted by Gasteiger charge is 2.26. The van der Waals surface area contributed by atoms with Crippen molar-refractivity contribution in [2.75, 3.05) is 18.6 Å². The van der Waals surface area contributed by atoms with Gasteiger partial charge in [0.15, 0.2) is 5.13 Å². The number of ether oxygens (including phenoxy) is 1. The normalized spacial score (nSPS) is 13.5. The molecule has 0 radical (unpaired) electrons. The molecule has 118 valence electrons. The van der Waals surface area contributed by atoms with Gasteiger partial charge in [0, 0.05) is 0 Å². The van der Waals surface area contributed by atoms with Crippen LogP contribution in [0.15, 0.2) is 4.21 Å². The number of carbonyl (C=O) groups is 2. The van der Waals surface area contributed by atoms with Gasteiger partial charge in [-0.1, -0.05) is 31.6 Å². The van der Waals surface area contributed by atoms with E-state index in [0.717, 1.165) is 16.3 Å². The minimum Gasteiger partial charge on any atom is -0.467 e. The second kappa shape index (κ2) is 8.23. The number of thioether (sulfide) groups is 1. The quantitative estimate of drug-likeness (QED) is 0.585. The van der Waals surface area contributed by atoms with E-state index < -0.39 is 12.0 Å². The maximum atomic E-state index is 12.0. The zero-order chi connectivity index (χ0) is 16.0. The Bertz CT molecular complexity index is 505. The van der Waals surface area contributed by atoms with Crippen LogP contribution in [-0.4, -0.2) is 35.8 Å². The zero-order valence-electron chi connectivity index (χ0n) is 12.6. The number of nitrogens with two attached hydrogens (primary N) is 1. The van der Waals surface area contributed by atoms with Crippen molar-refractivity contribution in [2.24, 2.45) is 5.92 Å². The van der Waals surface area contributed by atoms with Crippen molar-refractivity contribution < 1.29 is 14.3 Å². The van der Waals surface area contributed by atoms with E-state index in [9.17, 15) is 9.59 Å². The van der Waals surface area contributed by atoms with Crippen LogP contribution in [0.5, 0.6) is 0 Å². The average molecular weight is 331 g/mol. The molecule has 1 amide bonds. The maximum Gasteiger partial charge on any atom is 0.328 e. The minimum atomic E-state index is -0.610. The second-order valence-corrected chi connectivity index (χ2v) is 6.94. The number of nitrogen functional groups attached to an aromatic ring is 1. The Balaban J connectivity index is 2.58. The zero-order valence-corrected chi connectivity index (χ0v) is 14.3. The number of rotatable bonds is 7. The molecule has 0 saturated heterocycles. The number of carbonyl (C=O) groups excluding carboxylic acids is 2. The lowest BCUT2D eigenvalue weighted by Crippen LogP contribution is -2.46. The SMILES string of the molecule is CCC(C)C(NC(=O)CSc1sc(N)nc1C)C(=O)OC. The van der Waals surface area contributed by atoms with Crippen molar-refractivity contribution >= 4 is 40.1 Å². The molecule has 1 rings (SSSR count). The molecule has 3 N–H and O–H groups in total. The van der Waals surface area contributed by atoms with Crippen LogP contribution in [0.2, 0.25) is 0 Å². The third kappa shape index (κ3) is 5.20. The first-order chi connectivity index (χ1) is 9.88. The standard InChI is InChI=1S/C13H21N3O3S2/c1-5-7(2)10(11(18)19-4)16-9(17)6-20-12-8(3)15-13(14)21-12/h7,10H,5-6H2,1-4H3,(H2,14,15)(H,16,17). The molecular formula is C13H21N3O3S2. The van der Waals surface area contributed by atoms with Crippen LogP contribution in [-0.2, 0) is 14.3 Å². The number of nitrogens with zero attached hydrogens (tertiary/aromatic N) is 1. The fourth-order valence-electron chi connectivity index (χ4n) is 1.68. The molecule has 21 heavy (non-hydrogen) atoms. The van der Waals surface area contributed by atoms with Gasteiger partial charge in [-0.05, 0) is 12.8 Å². The van der Waals surface area contributed by atoms with Gasteiger partial charge in [-0.25, -0.2) is 9.78 Å². The molecule has 0 saturated carbocycles. The van der Waals surface area contributed by atoms with Crippen LogP contribution in [0.25, 0.3) is 0 Å². The monoisotopic (exact) mass is 331 g/mol. The number of aromatic nitrogens is 1. The van der Waals surface area contributed by atoms with Gasteiger partial charge in [-0.2, -0.15) is 0 Å². The Morgan fingerprint density at radius 1 is 1.52 bits per heavy atom. The molecule has 0 aliphatic heterocycles. The van der Waals surface area contributed by atoms with Crippen molar-refractivity contribution in [3.8, 4) is 0 Å². The topological polar surface area (TPSA) is 94.3 Å². The van der Waals surface area contributed by atoms with Crippen LogP contribution < -0.4 is 11.1 Å². The van der Waals surface area contributed by atoms with E-state index >= 15 is 0 Å². The average Bonchev–Trinajstić information content (AvgIpc) is 2.78. The third-order valence-corrected chi connectivity index (χ3v) is 5.44. The van der Waals surface area contributed by atoms with E-state index in [-0.39, 0.29) is 17.6 Å². The van der Waals surface area contributed by atoms with E-state index in [1.807, 2.05) is 20.8 Å². The number of esters is 1. The third-order valence-electron chi connectivity index (χ3n) is 3.09. The van der Waals surface area contributed by atoms with Crippen LogP contribution in [0.3, 0.4) is 0 Å². The smallest absolute Gasteiger partial charge is 0.328 e. The largest absolute Gasteiger partial charge is 0.467 e. The molecule has 0 aliphatic rings. The summed E-state index contributed by atoms with van der Waals surface area (Å²) in [6, 6.07) is -0.610. The van der Waals surface area contributed by atoms with Crippen LogP contribution in [0, 0.1) is 12.8 Å². The Morgan fingerprint density at radius 2 is 2.19 bits per heavy atom. The predicted octanol–water partition coefficient (Wildman–Crippen LogP) is 1.83. The summed E-state index contributed by atoms with van der Waals surface area (Å²) in [5.74, 6) is -0.387. The van der Waals surface area contributed by atoms with E-state index in [2.05, 4.69) is 10.3 Å². The number of hydrogen-bond acceptors (Lipinski definition) is 7. The van der Waals surface area contributed by atoms with Gasteiger partial charge >= 0.3 is 5.97 Å². The number of nitrogens with one attached hydrogen (secondary N) is 1. The van der Waals surface area contributed by atoms with Crippen molar-refractivity contribution in [1.29, 1.82) is 0 Å². The van der Waals surface area contributed by atoms with Gasteiger partial charge in [0.2, 0.25) is 5.91 Å². The lowest BCUT2D eigenvalue weighted by molar-refractivity contribution is -0.146. The molecule has 0 bridgehead atoms. The first kappa shape index (κ1) is 17.8. The number of aryl methyl sites for hydroxylation is 1. The molecule has 0 aromatic carbocycles. The van der Waals surface area contributed by atoms with Crippen molar-refractivity contribution in [3.63, 3.8) is 0 Å². The Morgan fingerprint density at radius 3 is 2.67 bits per heavy atom. The molecule has 0 fully saturated rings. The molecule has 1 aromatic heterocycles.